The van der Waals surface area contributed by atoms with Crippen LogP contribution >= 0.6 is 22.9 Å². The van der Waals surface area contributed by atoms with Crippen LogP contribution in [0.3, 0.4) is 0 Å². The van der Waals surface area contributed by atoms with Crippen LogP contribution < -0.4 is 15.1 Å². The Labute approximate surface area is 199 Å². The van der Waals surface area contributed by atoms with E-state index in [-0.39, 0.29) is 18.0 Å². The number of nitrogens with zero attached hydrogens (tertiary/aromatic N) is 3. The van der Waals surface area contributed by atoms with Gasteiger partial charge in [0, 0.05) is 24.2 Å². The van der Waals surface area contributed by atoms with Crippen molar-refractivity contribution in [3.8, 4) is 0 Å². The lowest BCUT2D eigenvalue weighted by atomic mass is 9.97. The van der Waals surface area contributed by atoms with Crippen molar-refractivity contribution in [2.75, 3.05) is 16.8 Å². The molecule has 2 aliphatic carbocycles. The monoisotopic (exact) mass is 474 g/mol. The van der Waals surface area contributed by atoms with E-state index in [1.54, 1.807) is 28.6 Å². The van der Waals surface area contributed by atoms with Gasteiger partial charge in [-0.15, -0.1) is 11.3 Å². The second-order valence-corrected chi connectivity index (χ2v) is 10.6. The third kappa shape index (κ3) is 5.44. The van der Waals surface area contributed by atoms with E-state index in [9.17, 15) is 9.59 Å². The molecule has 2 saturated carbocycles. The summed E-state index contributed by atoms with van der Waals surface area (Å²) in [6.07, 6.45) is 11.8. The Kier molecular flexibility index (Phi) is 7.36. The van der Waals surface area contributed by atoms with Crippen molar-refractivity contribution in [3.05, 3.63) is 40.5 Å². The summed E-state index contributed by atoms with van der Waals surface area (Å²) < 4.78 is 0. The molecule has 1 N–H and O–H groups in total. The number of pyridine rings is 1. The second kappa shape index (κ2) is 10.2. The highest BCUT2D eigenvalue weighted by Crippen LogP contribution is 2.37. The Morgan fingerprint density at radius 3 is 2.69 bits per heavy atom. The summed E-state index contributed by atoms with van der Waals surface area (Å²) in [7, 11) is 2.00. The molecule has 2 fully saturated rings. The van der Waals surface area contributed by atoms with Gasteiger partial charge >= 0.3 is 0 Å². The highest BCUT2D eigenvalue weighted by molar-refractivity contribution is 7.16. The molecule has 2 aromatic heterocycles. The van der Waals surface area contributed by atoms with Gasteiger partial charge in [0.05, 0.1) is 27.9 Å². The zero-order valence-corrected chi connectivity index (χ0v) is 20.2. The number of thiophene rings is 1. The molecule has 0 unspecified atom stereocenters. The summed E-state index contributed by atoms with van der Waals surface area (Å²) in [5.41, 5.74) is 0.926. The first-order valence-electron chi connectivity index (χ1n) is 11.4. The normalized spacial score (nSPS) is 18.2. The quantitative estimate of drug-likeness (QED) is 0.481. The van der Waals surface area contributed by atoms with Gasteiger partial charge in [-0.1, -0.05) is 37.3 Å². The number of carbonyl (C=O) groups is 2. The van der Waals surface area contributed by atoms with Crippen molar-refractivity contribution in [1.29, 1.82) is 0 Å². The first kappa shape index (κ1) is 23.1. The molecule has 2 atom stereocenters. The van der Waals surface area contributed by atoms with Crippen LogP contribution in [0.2, 0.25) is 5.02 Å². The minimum absolute atomic E-state index is 0.0170. The average molecular weight is 475 g/mol. The second-order valence-electron chi connectivity index (χ2n) is 9.02. The fourth-order valence-electron chi connectivity index (χ4n) is 4.43. The Balaban J connectivity index is 1.52. The minimum Gasteiger partial charge on any atom is -0.366 e. The lowest BCUT2D eigenvalue weighted by Crippen LogP contribution is -2.48. The zero-order valence-electron chi connectivity index (χ0n) is 18.7. The van der Waals surface area contributed by atoms with E-state index in [1.807, 2.05) is 25.2 Å². The van der Waals surface area contributed by atoms with Crippen LogP contribution in [0.1, 0.15) is 62.8 Å². The number of rotatable bonds is 10. The molecule has 4 rings (SSSR count). The van der Waals surface area contributed by atoms with Crippen molar-refractivity contribution in [1.82, 2.24) is 10.3 Å². The summed E-state index contributed by atoms with van der Waals surface area (Å²) in [6, 6.07) is 5.78. The molecule has 8 heteroatoms. The number of anilines is 2. The third-order valence-electron chi connectivity index (χ3n) is 6.66. The largest absolute Gasteiger partial charge is 0.366 e. The van der Waals surface area contributed by atoms with Crippen molar-refractivity contribution in [2.24, 2.45) is 5.92 Å². The van der Waals surface area contributed by atoms with E-state index in [0.29, 0.717) is 10.9 Å². The van der Waals surface area contributed by atoms with Gasteiger partial charge < -0.3 is 10.2 Å². The molecule has 2 aromatic rings. The van der Waals surface area contributed by atoms with Crippen LogP contribution in [0.25, 0.3) is 0 Å². The molecule has 0 saturated heterocycles. The summed E-state index contributed by atoms with van der Waals surface area (Å²) in [5, 5.41) is 4.53. The van der Waals surface area contributed by atoms with Crippen LogP contribution in [-0.4, -0.2) is 36.4 Å². The smallest absolute Gasteiger partial charge is 0.243 e. The number of amides is 2. The maximum atomic E-state index is 13.1. The molecule has 0 bridgehead atoms. The first-order chi connectivity index (χ1) is 15.5. The molecule has 0 spiro atoms. The molecular formula is C24H31ClN4O2S. The van der Waals surface area contributed by atoms with Gasteiger partial charge in [0.15, 0.2) is 0 Å². The van der Waals surface area contributed by atoms with Crippen molar-refractivity contribution < 1.29 is 9.59 Å². The first-order valence-corrected chi connectivity index (χ1v) is 12.6. The Morgan fingerprint density at radius 1 is 1.28 bits per heavy atom. The summed E-state index contributed by atoms with van der Waals surface area (Å²) >= 11 is 7.67. The highest BCUT2D eigenvalue weighted by atomic mass is 35.5. The predicted molar refractivity (Wildman–Crippen MR) is 130 cm³/mol. The summed E-state index contributed by atoms with van der Waals surface area (Å²) in [4.78, 5) is 34.3. The van der Waals surface area contributed by atoms with E-state index < -0.39 is 6.04 Å². The number of carbonyl (C=O) groups excluding carboxylic acids is 2. The molecule has 2 heterocycles. The fraction of sp³-hybridized carbons (Fsp3) is 0.542. The number of aromatic nitrogens is 1. The lowest BCUT2D eigenvalue weighted by Gasteiger charge is -2.29. The number of hydrogen-bond acceptors (Lipinski definition) is 5. The topological polar surface area (TPSA) is 65.5 Å². The lowest BCUT2D eigenvalue weighted by molar-refractivity contribution is -0.124. The van der Waals surface area contributed by atoms with E-state index in [1.165, 1.54) is 12.8 Å². The van der Waals surface area contributed by atoms with Gasteiger partial charge in [0.1, 0.15) is 6.04 Å². The maximum absolute atomic E-state index is 13.1. The standard InChI is InChI=1S/C24H31ClN4O2S/c1-16(28(2)20-12-18(25)13-26-14-20)22-9-10-23(32-22)29(15-30)21(11-17-5-3-4-6-17)24(31)27-19-7-8-19/h9-10,12-17,19,21H,3-8,11H2,1-2H3,(H,27,31)/t16-,21+/m1/s1. The van der Waals surface area contributed by atoms with Gasteiger partial charge in [-0.05, 0) is 50.3 Å². The average Bonchev–Trinajstić information content (AvgIpc) is 3.24. The maximum Gasteiger partial charge on any atom is 0.243 e. The Morgan fingerprint density at radius 2 is 2.03 bits per heavy atom. The molecule has 172 valence electrons. The molecule has 2 aliphatic rings. The fourth-order valence-corrected chi connectivity index (χ4v) is 5.71. The van der Waals surface area contributed by atoms with Gasteiger partial charge in [-0.2, -0.15) is 0 Å². The van der Waals surface area contributed by atoms with Crippen LogP contribution in [-0.2, 0) is 9.59 Å². The van der Waals surface area contributed by atoms with Gasteiger partial charge in [-0.3, -0.25) is 19.5 Å². The molecular weight excluding hydrogens is 444 g/mol. The predicted octanol–water partition coefficient (Wildman–Crippen LogP) is 5.18. The van der Waals surface area contributed by atoms with Gasteiger partial charge in [0.2, 0.25) is 12.3 Å². The zero-order chi connectivity index (χ0) is 22.7. The third-order valence-corrected chi connectivity index (χ3v) is 8.14. The van der Waals surface area contributed by atoms with Crippen LogP contribution in [0.5, 0.6) is 0 Å². The van der Waals surface area contributed by atoms with Crippen LogP contribution in [0.15, 0.2) is 30.6 Å². The molecule has 0 aliphatic heterocycles. The Bertz CT molecular complexity index is 942. The Hall–Kier alpha value is -2.12. The SMILES string of the molecule is C[C@H](c1ccc(N(C=O)[C@@H](CC2CCCC2)C(=O)NC2CC2)s1)N(C)c1cncc(Cl)c1. The van der Waals surface area contributed by atoms with E-state index in [2.05, 4.69) is 22.1 Å². The summed E-state index contributed by atoms with van der Waals surface area (Å²) in [5.74, 6) is 0.490. The van der Waals surface area contributed by atoms with E-state index in [0.717, 1.165) is 54.1 Å². The minimum atomic E-state index is -0.451. The van der Waals surface area contributed by atoms with Gasteiger partial charge in [-0.25, -0.2) is 0 Å². The number of halogens is 1. The van der Waals surface area contributed by atoms with E-state index in [4.69, 9.17) is 11.6 Å². The molecule has 0 radical (unpaired) electrons. The van der Waals surface area contributed by atoms with Crippen LogP contribution in [0, 0.1) is 5.92 Å². The molecule has 0 aromatic carbocycles. The van der Waals surface area contributed by atoms with Crippen molar-refractivity contribution in [2.45, 2.75) is 70.0 Å². The molecule has 32 heavy (non-hydrogen) atoms. The van der Waals surface area contributed by atoms with E-state index >= 15 is 0 Å². The van der Waals surface area contributed by atoms with Crippen molar-refractivity contribution in [3.63, 3.8) is 0 Å². The summed E-state index contributed by atoms with van der Waals surface area (Å²) in [6.45, 7) is 2.11. The molecule has 6 nitrogen and oxygen atoms in total. The van der Waals surface area contributed by atoms with Crippen LogP contribution in [0.4, 0.5) is 10.7 Å². The number of hydrogen-bond donors (Lipinski definition) is 1. The van der Waals surface area contributed by atoms with Gasteiger partial charge in [0.25, 0.3) is 0 Å². The molecule has 2 amide bonds. The van der Waals surface area contributed by atoms with Crippen molar-refractivity contribution >= 4 is 45.9 Å². The highest BCUT2D eigenvalue weighted by Gasteiger charge is 2.34. The number of nitrogens with one attached hydrogen (secondary N) is 1.